The molecule has 0 radical (unpaired) electrons. The minimum atomic E-state index is -0.619. The van der Waals surface area contributed by atoms with Crippen LogP contribution in [0.25, 0.3) is 5.69 Å². The summed E-state index contributed by atoms with van der Waals surface area (Å²) in [6.45, 7) is 2.93. The molecule has 31 heavy (non-hydrogen) atoms. The fourth-order valence-electron chi connectivity index (χ4n) is 4.29. The van der Waals surface area contributed by atoms with E-state index in [0.29, 0.717) is 37.8 Å². The average molecular weight is 420 g/mol. The number of methoxy groups -OCH3 is 1. The van der Waals surface area contributed by atoms with Crippen LogP contribution >= 0.6 is 0 Å². The molecule has 9 nitrogen and oxygen atoms in total. The molecule has 5 rings (SSSR count). The zero-order valence-corrected chi connectivity index (χ0v) is 17.8. The standard InChI is InChI=1S/C22H24N6O3/c1-14-11-28(13-24-14)17-5-4-16(9-18(17)30-3)25-21-23-10-15-8-19(29)22(6-7-31-12-22)27(2)20(15)26-21/h4-5,9-11,13H,6-8,12H2,1-3H3,(H,23,25,26). The van der Waals surface area contributed by atoms with E-state index in [1.807, 2.05) is 47.8 Å². The number of fused-ring (bicyclic) bond motifs is 1. The number of carbonyl (C=O) groups excluding carboxylic acids is 1. The molecule has 9 heteroatoms. The van der Waals surface area contributed by atoms with Crippen molar-refractivity contribution < 1.29 is 14.3 Å². The van der Waals surface area contributed by atoms with Gasteiger partial charge in [-0.3, -0.25) is 4.79 Å². The SMILES string of the molecule is COc1cc(Nc2ncc3c(n2)N(C)C2(CCOC2)C(=O)C3)ccc1-n1cnc(C)c1. The smallest absolute Gasteiger partial charge is 0.229 e. The lowest BCUT2D eigenvalue weighted by Gasteiger charge is -2.41. The molecule has 160 valence electrons. The molecule has 1 aromatic carbocycles. The third kappa shape index (κ3) is 3.21. The molecule has 1 spiro atoms. The van der Waals surface area contributed by atoms with Gasteiger partial charge in [0, 0.05) is 56.2 Å². The van der Waals surface area contributed by atoms with Crippen LogP contribution in [0.4, 0.5) is 17.5 Å². The molecular weight excluding hydrogens is 396 g/mol. The summed E-state index contributed by atoms with van der Waals surface area (Å²) in [6, 6.07) is 5.79. The molecule has 0 saturated carbocycles. The van der Waals surface area contributed by atoms with Crippen molar-refractivity contribution in [2.45, 2.75) is 25.3 Å². The Morgan fingerprint density at radius 1 is 1.29 bits per heavy atom. The highest BCUT2D eigenvalue weighted by molar-refractivity contribution is 5.97. The number of nitrogens with one attached hydrogen (secondary N) is 1. The van der Waals surface area contributed by atoms with Gasteiger partial charge in [-0.25, -0.2) is 9.97 Å². The van der Waals surface area contributed by atoms with E-state index in [9.17, 15) is 4.79 Å². The number of likely N-dealkylation sites (N-methyl/N-ethyl adjacent to an activating group) is 1. The van der Waals surface area contributed by atoms with Gasteiger partial charge >= 0.3 is 0 Å². The Morgan fingerprint density at radius 3 is 2.87 bits per heavy atom. The van der Waals surface area contributed by atoms with Crippen molar-refractivity contribution in [3.05, 3.63) is 48.2 Å². The van der Waals surface area contributed by atoms with Crippen molar-refractivity contribution in [2.75, 3.05) is 37.6 Å². The zero-order valence-electron chi connectivity index (χ0n) is 17.8. The number of hydrogen-bond acceptors (Lipinski definition) is 8. The number of Topliss-reactive ketones (excluding diaryl/α,β-unsaturated/α-hetero) is 1. The minimum Gasteiger partial charge on any atom is -0.494 e. The number of aryl methyl sites for hydroxylation is 1. The van der Waals surface area contributed by atoms with Crippen molar-refractivity contribution in [3.8, 4) is 11.4 Å². The van der Waals surface area contributed by atoms with Crippen LogP contribution in [0.3, 0.4) is 0 Å². The maximum atomic E-state index is 12.8. The van der Waals surface area contributed by atoms with Gasteiger partial charge in [0.05, 0.1) is 31.4 Å². The van der Waals surface area contributed by atoms with Gasteiger partial charge in [-0.15, -0.1) is 0 Å². The van der Waals surface area contributed by atoms with E-state index in [0.717, 1.165) is 28.5 Å². The van der Waals surface area contributed by atoms with Crippen LogP contribution in [0.15, 0.2) is 36.9 Å². The first kappa shape index (κ1) is 19.5. The number of ketones is 1. The fraction of sp³-hybridized carbons (Fsp3) is 0.364. The Bertz CT molecular complexity index is 1150. The van der Waals surface area contributed by atoms with Gasteiger partial charge in [0.15, 0.2) is 5.78 Å². The van der Waals surface area contributed by atoms with E-state index >= 15 is 0 Å². The van der Waals surface area contributed by atoms with Gasteiger partial charge in [-0.2, -0.15) is 4.98 Å². The molecule has 0 aliphatic carbocycles. The Morgan fingerprint density at radius 2 is 2.16 bits per heavy atom. The lowest BCUT2D eigenvalue weighted by Crippen LogP contribution is -2.57. The van der Waals surface area contributed by atoms with Crippen LogP contribution in [0.5, 0.6) is 5.75 Å². The topological polar surface area (TPSA) is 94.4 Å². The molecule has 1 saturated heterocycles. The monoisotopic (exact) mass is 420 g/mol. The van der Waals surface area contributed by atoms with Gasteiger partial charge in [0.1, 0.15) is 17.1 Å². The lowest BCUT2D eigenvalue weighted by molar-refractivity contribution is -0.124. The molecule has 1 fully saturated rings. The van der Waals surface area contributed by atoms with Crippen LogP contribution < -0.4 is 15.0 Å². The van der Waals surface area contributed by atoms with Crippen LogP contribution in [-0.2, 0) is 16.0 Å². The molecule has 1 unspecified atom stereocenters. The number of ether oxygens (including phenoxy) is 2. The van der Waals surface area contributed by atoms with Crippen LogP contribution in [-0.4, -0.2) is 58.2 Å². The Hall–Kier alpha value is -3.46. The highest BCUT2D eigenvalue weighted by atomic mass is 16.5. The van der Waals surface area contributed by atoms with Crippen molar-refractivity contribution in [3.63, 3.8) is 0 Å². The van der Waals surface area contributed by atoms with E-state index in [-0.39, 0.29) is 5.78 Å². The maximum absolute atomic E-state index is 12.8. The van der Waals surface area contributed by atoms with E-state index in [2.05, 4.69) is 15.3 Å². The van der Waals surface area contributed by atoms with Gasteiger partial charge in [0.2, 0.25) is 5.95 Å². The summed E-state index contributed by atoms with van der Waals surface area (Å²) >= 11 is 0. The van der Waals surface area contributed by atoms with Crippen LogP contribution in [0, 0.1) is 6.92 Å². The van der Waals surface area contributed by atoms with Crippen LogP contribution in [0.1, 0.15) is 17.7 Å². The highest BCUT2D eigenvalue weighted by Gasteiger charge is 2.49. The number of anilines is 3. The molecule has 4 heterocycles. The molecule has 2 aliphatic rings. The quantitative estimate of drug-likeness (QED) is 0.688. The number of rotatable bonds is 4. The summed E-state index contributed by atoms with van der Waals surface area (Å²) < 4.78 is 13.1. The highest BCUT2D eigenvalue weighted by Crippen LogP contribution is 2.38. The number of nitrogens with zero attached hydrogens (tertiary/aromatic N) is 5. The Labute approximate surface area is 180 Å². The summed E-state index contributed by atoms with van der Waals surface area (Å²) in [7, 11) is 3.54. The van der Waals surface area contributed by atoms with Crippen molar-refractivity contribution in [1.82, 2.24) is 19.5 Å². The number of benzene rings is 1. The molecule has 0 bridgehead atoms. The van der Waals surface area contributed by atoms with Gasteiger partial charge in [-0.1, -0.05) is 0 Å². The first-order chi connectivity index (χ1) is 15.0. The predicted octanol–water partition coefficient (Wildman–Crippen LogP) is 2.44. The van der Waals surface area contributed by atoms with Gasteiger partial charge in [0.25, 0.3) is 0 Å². The van der Waals surface area contributed by atoms with E-state index < -0.39 is 5.54 Å². The minimum absolute atomic E-state index is 0.166. The molecule has 3 aromatic rings. The zero-order chi connectivity index (χ0) is 21.6. The average Bonchev–Trinajstić information content (AvgIpc) is 3.43. The number of carbonyl (C=O) groups is 1. The summed E-state index contributed by atoms with van der Waals surface area (Å²) in [4.78, 5) is 28.2. The molecule has 1 atom stereocenters. The number of hydrogen-bond donors (Lipinski definition) is 1. The first-order valence-electron chi connectivity index (χ1n) is 10.2. The molecule has 1 N–H and O–H groups in total. The van der Waals surface area contributed by atoms with Crippen molar-refractivity contribution >= 4 is 23.2 Å². The Kier molecular flexibility index (Phi) is 4.62. The van der Waals surface area contributed by atoms with Crippen molar-refractivity contribution in [1.29, 1.82) is 0 Å². The second-order valence-electron chi connectivity index (χ2n) is 7.97. The van der Waals surface area contributed by atoms with Gasteiger partial charge in [-0.05, 0) is 19.1 Å². The van der Waals surface area contributed by atoms with E-state index in [4.69, 9.17) is 14.5 Å². The number of aromatic nitrogens is 4. The summed E-state index contributed by atoms with van der Waals surface area (Å²) in [5.74, 6) is 2.09. The molecule has 0 amide bonds. The third-order valence-corrected chi connectivity index (χ3v) is 6.10. The number of imidazole rings is 1. The first-order valence-corrected chi connectivity index (χ1v) is 10.2. The summed E-state index contributed by atoms with van der Waals surface area (Å²) in [5, 5.41) is 3.25. The van der Waals surface area contributed by atoms with Crippen molar-refractivity contribution in [2.24, 2.45) is 0 Å². The fourth-order valence-corrected chi connectivity index (χ4v) is 4.29. The Balaban J connectivity index is 1.44. The molecular formula is C22H24N6O3. The largest absolute Gasteiger partial charge is 0.494 e. The third-order valence-electron chi connectivity index (χ3n) is 6.10. The second kappa shape index (κ2) is 7.35. The maximum Gasteiger partial charge on any atom is 0.229 e. The molecule has 2 aliphatic heterocycles. The summed E-state index contributed by atoms with van der Waals surface area (Å²) in [6.07, 6.45) is 6.43. The van der Waals surface area contributed by atoms with Gasteiger partial charge < -0.3 is 24.3 Å². The predicted molar refractivity (Wildman–Crippen MR) is 115 cm³/mol. The second-order valence-corrected chi connectivity index (χ2v) is 7.97. The normalized spacial score (nSPS) is 20.2. The van der Waals surface area contributed by atoms with E-state index in [1.165, 1.54) is 0 Å². The lowest BCUT2D eigenvalue weighted by atomic mass is 9.84. The summed E-state index contributed by atoms with van der Waals surface area (Å²) in [5.41, 5.74) is 2.83. The van der Waals surface area contributed by atoms with Crippen LogP contribution in [0.2, 0.25) is 0 Å². The molecule has 2 aromatic heterocycles. The van der Waals surface area contributed by atoms with E-state index in [1.54, 1.807) is 19.6 Å².